The zero-order valence-electron chi connectivity index (χ0n) is 16.4. The minimum atomic E-state index is -0.219. The predicted octanol–water partition coefficient (Wildman–Crippen LogP) is 4.19. The minimum absolute atomic E-state index is 0.0228. The standard InChI is InChI=1S/C23H23N3O3/c1-16(2)25-22(27)14-17-5-9-19(10-6-17)26-23(28)18-7-11-20(12-8-18)29-21-4-3-13-24-15-21/h3-13,15-16H,14H2,1-2H3,(H,25,27)(H,26,28). The van der Waals surface area contributed by atoms with Crippen LogP contribution in [0.2, 0.25) is 0 Å². The van der Waals surface area contributed by atoms with Crippen LogP contribution >= 0.6 is 0 Å². The van der Waals surface area contributed by atoms with E-state index >= 15 is 0 Å². The summed E-state index contributed by atoms with van der Waals surface area (Å²) in [6, 6.07) is 17.8. The lowest BCUT2D eigenvalue weighted by Gasteiger charge is -2.10. The number of ether oxygens (including phenoxy) is 1. The normalized spacial score (nSPS) is 10.4. The fourth-order valence-corrected chi connectivity index (χ4v) is 2.69. The first kappa shape index (κ1) is 20.1. The van der Waals surface area contributed by atoms with E-state index in [2.05, 4.69) is 15.6 Å². The maximum atomic E-state index is 12.4. The molecular weight excluding hydrogens is 366 g/mol. The molecule has 0 radical (unpaired) electrons. The Balaban J connectivity index is 1.56. The number of carbonyl (C=O) groups excluding carboxylic acids is 2. The summed E-state index contributed by atoms with van der Waals surface area (Å²) >= 11 is 0. The number of nitrogens with one attached hydrogen (secondary N) is 2. The van der Waals surface area contributed by atoms with E-state index in [9.17, 15) is 9.59 Å². The molecule has 29 heavy (non-hydrogen) atoms. The van der Waals surface area contributed by atoms with E-state index in [4.69, 9.17) is 4.74 Å². The molecule has 0 spiro atoms. The Hall–Kier alpha value is -3.67. The van der Waals surface area contributed by atoms with E-state index in [-0.39, 0.29) is 17.9 Å². The zero-order valence-corrected chi connectivity index (χ0v) is 16.4. The highest BCUT2D eigenvalue weighted by Crippen LogP contribution is 2.21. The van der Waals surface area contributed by atoms with Crippen LogP contribution in [0.25, 0.3) is 0 Å². The van der Waals surface area contributed by atoms with Crippen molar-refractivity contribution in [3.05, 3.63) is 84.2 Å². The Morgan fingerprint density at radius 3 is 2.31 bits per heavy atom. The maximum absolute atomic E-state index is 12.4. The summed E-state index contributed by atoms with van der Waals surface area (Å²) in [6.45, 7) is 3.85. The van der Waals surface area contributed by atoms with Gasteiger partial charge in [-0.1, -0.05) is 12.1 Å². The number of rotatable bonds is 7. The largest absolute Gasteiger partial charge is 0.456 e. The van der Waals surface area contributed by atoms with Gasteiger partial charge in [0.25, 0.3) is 5.91 Å². The molecule has 0 saturated heterocycles. The monoisotopic (exact) mass is 389 g/mol. The van der Waals surface area contributed by atoms with Crippen LogP contribution in [-0.2, 0) is 11.2 Å². The van der Waals surface area contributed by atoms with Gasteiger partial charge in [-0.25, -0.2) is 0 Å². The molecule has 0 fully saturated rings. The molecule has 0 aliphatic heterocycles. The highest BCUT2D eigenvalue weighted by Gasteiger charge is 2.08. The number of nitrogens with zero attached hydrogens (tertiary/aromatic N) is 1. The van der Waals surface area contributed by atoms with Crippen molar-refractivity contribution in [2.24, 2.45) is 0 Å². The number of pyridine rings is 1. The van der Waals surface area contributed by atoms with E-state index in [0.29, 0.717) is 29.2 Å². The molecular formula is C23H23N3O3. The lowest BCUT2D eigenvalue weighted by Crippen LogP contribution is -2.31. The first-order chi connectivity index (χ1) is 14.0. The highest BCUT2D eigenvalue weighted by atomic mass is 16.5. The molecule has 0 atom stereocenters. The van der Waals surface area contributed by atoms with E-state index < -0.39 is 0 Å². The molecule has 0 bridgehead atoms. The van der Waals surface area contributed by atoms with Crippen LogP contribution < -0.4 is 15.4 Å². The Bertz CT molecular complexity index is 953. The van der Waals surface area contributed by atoms with Gasteiger partial charge in [0.15, 0.2) is 0 Å². The zero-order chi connectivity index (χ0) is 20.6. The molecule has 3 rings (SSSR count). The van der Waals surface area contributed by atoms with Crippen LogP contribution in [0.5, 0.6) is 11.5 Å². The van der Waals surface area contributed by atoms with Crippen LogP contribution in [0.4, 0.5) is 5.69 Å². The number of anilines is 1. The average molecular weight is 389 g/mol. The van der Waals surface area contributed by atoms with Gasteiger partial charge < -0.3 is 15.4 Å². The van der Waals surface area contributed by atoms with Crippen molar-refractivity contribution in [3.63, 3.8) is 0 Å². The highest BCUT2D eigenvalue weighted by molar-refractivity contribution is 6.04. The summed E-state index contributed by atoms with van der Waals surface area (Å²) in [6.07, 6.45) is 3.61. The second-order valence-corrected chi connectivity index (χ2v) is 6.87. The number of hydrogen-bond acceptors (Lipinski definition) is 4. The lowest BCUT2D eigenvalue weighted by atomic mass is 10.1. The van der Waals surface area contributed by atoms with Gasteiger partial charge in [0.1, 0.15) is 11.5 Å². The van der Waals surface area contributed by atoms with Crippen molar-refractivity contribution in [3.8, 4) is 11.5 Å². The van der Waals surface area contributed by atoms with E-state index in [1.54, 1.807) is 54.9 Å². The third-order valence-corrected chi connectivity index (χ3v) is 4.01. The molecule has 0 unspecified atom stereocenters. The molecule has 148 valence electrons. The summed E-state index contributed by atoms with van der Waals surface area (Å²) in [5.41, 5.74) is 2.07. The summed E-state index contributed by atoms with van der Waals surface area (Å²) < 4.78 is 5.67. The molecule has 6 heteroatoms. The number of amides is 2. The van der Waals surface area contributed by atoms with Crippen molar-refractivity contribution >= 4 is 17.5 Å². The van der Waals surface area contributed by atoms with Crippen molar-refractivity contribution in [1.29, 1.82) is 0 Å². The Labute approximate surface area is 169 Å². The van der Waals surface area contributed by atoms with Crippen molar-refractivity contribution in [2.45, 2.75) is 26.3 Å². The molecule has 3 aromatic rings. The van der Waals surface area contributed by atoms with Crippen LogP contribution in [0.3, 0.4) is 0 Å². The molecule has 2 N–H and O–H groups in total. The number of benzene rings is 2. The average Bonchev–Trinajstić information content (AvgIpc) is 2.70. The molecule has 0 aliphatic rings. The molecule has 1 heterocycles. The van der Waals surface area contributed by atoms with Crippen molar-refractivity contribution in [1.82, 2.24) is 10.3 Å². The summed E-state index contributed by atoms with van der Waals surface area (Å²) in [7, 11) is 0. The maximum Gasteiger partial charge on any atom is 0.255 e. The van der Waals surface area contributed by atoms with Crippen LogP contribution in [0.1, 0.15) is 29.8 Å². The predicted molar refractivity (Wildman–Crippen MR) is 112 cm³/mol. The Morgan fingerprint density at radius 2 is 1.69 bits per heavy atom. The fourth-order valence-electron chi connectivity index (χ4n) is 2.69. The smallest absolute Gasteiger partial charge is 0.255 e. The van der Waals surface area contributed by atoms with Gasteiger partial charge in [-0.05, 0) is 67.9 Å². The summed E-state index contributed by atoms with van der Waals surface area (Å²) in [5.74, 6) is 1.01. The van der Waals surface area contributed by atoms with Gasteiger partial charge in [0, 0.05) is 23.5 Å². The second-order valence-electron chi connectivity index (χ2n) is 6.87. The van der Waals surface area contributed by atoms with E-state index in [0.717, 1.165) is 5.56 Å². The quantitative estimate of drug-likeness (QED) is 0.635. The summed E-state index contributed by atoms with van der Waals surface area (Å²) in [5, 5.41) is 5.71. The van der Waals surface area contributed by atoms with Crippen LogP contribution in [-0.4, -0.2) is 22.8 Å². The van der Waals surface area contributed by atoms with Gasteiger partial charge in [0.05, 0.1) is 12.6 Å². The molecule has 0 saturated carbocycles. The van der Waals surface area contributed by atoms with Gasteiger partial charge in [-0.3, -0.25) is 14.6 Å². The van der Waals surface area contributed by atoms with E-state index in [1.807, 2.05) is 32.0 Å². The Kier molecular flexibility index (Phi) is 6.58. The minimum Gasteiger partial charge on any atom is -0.456 e. The topological polar surface area (TPSA) is 80.3 Å². The number of aromatic nitrogens is 1. The third kappa shape index (κ3) is 6.17. The molecule has 2 amide bonds. The van der Waals surface area contributed by atoms with Crippen molar-refractivity contribution in [2.75, 3.05) is 5.32 Å². The fraction of sp³-hybridized carbons (Fsp3) is 0.174. The number of hydrogen-bond donors (Lipinski definition) is 2. The third-order valence-electron chi connectivity index (χ3n) is 4.01. The molecule has 2 aromatic carbocycles. The van der Waals surface area contributed by atoms with Gasteiger partial charge in [-0.15, -0.1) is 0 Å². The number of carbonyl (C=O) groups is 2. The molecule has 0 aliphatic carbocycles. The SMILES string of the molecule is CC(C)NC(=O)Cc1ccc(NC(=O)c2ccc(Oc3cccnc3)cc2)cc1. The van der Waals surface area contributed by atoms with Gasteiger partial charge in [0.2, 0.25) is 5.91 Å². The van der Waals surface area contributed by atoms with Gasteiger partial charge >= 0.3 is 0 Å². The second kappa shape index (κ2) is 9.50. The van der Waals surface area contributed by atoms with E-state index in [1.165, 1.54) is 0 Å². The Morgan fingerprint density at radius 1 is 0.966 bits per heavy atom. The van der Waals surface area contributed by atoms with Crippen LogP contribution in [0, 0.1) is 0 Å². The lowest BCUT2D eigenvalue weighted by molar-refractivity contribution is -0.120. The molecule has 1 aromatic heterocycles. The first-order valence-electron chi connectivity index (χ1n) is 9.37. The van der Waals surface area contributed by atoms with Crippen molar-refractivity contribution < 1.29 is 14.3 Å². The summed E-state index contributed by atoms with van der Waals surface area (Å²) in [4.78, 5) is 28.3. The van der Waals surface area contributed by atoms with Gasteiger partial charge in [-0.2, -0.15) is 0 Å². The first-order valence-corrected chi connectivity index (χ1v) is 9.37. The van der Waals surface area contributed by atoms with Crippen LogP contribution in [0.15, 0.2) is 73.1 Å². The molecule has 6 nitrogen and oxygen atoms in total.